The number of benzene rings is 1. The molecule has 0 aliphatic carbocycles. The molecule has 7 heteroatoms. The first-order valence-corrected chi connectivity index (χ1v) is 6.61. The van der Waals surface area contributed by atoms with Crippen molar-refractivity contribution in [3.05, 3.63) is 30.3 Å². The molecule has 0 fully saturated rings. The molecule has 2 N–H and O–H groups in total. The van der Waals surface area contributed by atoms with Gasteiger partial charge in [-0.15, -0.1) is 0 Å². The zero-order valence-corrected chi connectivity index (χ0v) is 10.2. The maximum absolute atomic E-state index is 11.2. The third-order valence-corrected chi connectivity index (χ3v) is 3.27. The Hall–Kier alpha value is -1.60. The van der Waals surface area contributed by atoms with Crippen molar-refractivity contribution in [2.45, 2.75) is 0 Å². The molecule has 0 aliphatic rings. The summed E-state index contributed by atoms with van der Waals surface area (Å²) in [6.45, 7) is -0.00512. The lowest BCUT2D eigenvalue weighted by atomic mass is 10.3. The SMILES string of the molecule is CNS(=O)(=O)CCNC(=O)Oc1ccccc1. The smallest absolute Gasteiger partial charge is 0.410 e. The van der Waals surface area contributed by atoms with E-state index in [9.17, 15) is 13.2 Å². The van der Waals surface area contributed by atoms with Crippen LogP contribution in [0.2, 0.25) is 0 Å². The van der Waals surface area contributed by atoms with Gasteiger partial charge in [-0.25, -0.2) is 17.9 Å². The molecule has 1 amide bonds. The first-order chi connectivity index (χ1) is 8.03. The van der Waals surface area contributed by atoms with E-state index >= 15 is 0 Å². The normalized spacial score (nSPS) is 10.9. The van der Waals surface area contributed by atoms with Crippen molar-refractivity contribution in [2.24, 2.45) is 0 Å². The number of amides is 1. The van der Waals surface area contributed by atoms with E-state index in [0.29, 0.717) is 5.75 Å². The first-order valence-electron chi connectivity index (χ1n) is 4.95. The van der Waals surface area contributed by atoms with Gasteiger partial charge in [-0.1, -0.05) is 18.2 Å². The third-order valence-electron chi connectivity index (χ3n) is 1.90. The number of rotatable bonds is 5. The highest BCUT2D eigenvalue weighted by molar-refractivity contribution is 7.89. The highest BCUT2D eigenvalue weighted by Gasteiger charge is 2.08. The van der Waals surface area contributed by atoms with Crippen LogP contribution in [-0.4, -0.2) is 33.9 Å². The second-order valence-electron chi connectivity index (χ2n) is 3.15. The zero-order valence-electron chi connectivity index (χ0n) is 9.34. The molecule has 0 aromatic heterocycles. The Morgan fingerprint density at radius 3 is 2.53 bits per heavy atom. The third kappa shape index (κ3) is 5.32. The van der Waals surface area contributed by atoms with Gasteiger partial charge < -0.3 is 10.1 Å². The molecule has 0 radical (unpaired) electrons. The van der Waals surface area contributed by atoms with E-state index in [4.69, 9.17) is 4.74 Å². The van der Waals surface area contributed by atoms with Crippen LogP contribution in [0, 0.1) is 0 Å². The molecule has 94 valence electrons. The monoisotopic (exact) mass is 258 g/mol. The fourth-order valence-corrected chi connectivity index (χ4v) is 1.60. The van der Waals surface area contributed by atoms with Gasteiger partial charge in [0.25, 0.3) is 0 Å². The van der Waals surface area contributed by atoms with Gasteiger partial charge in [0, 0.05) is 6.54 Å². The van der Waals surface area contributed by atoms with Crippen LogP contribution in [0.3, 0.4) is 0 Å². The molecule has 1 aromatic rings. The van der Waals surface area contributed by atoms with E-state index in [1.807, 2.05) is 0 Å². The molecule has 17 heavy (non-hydrogen) atoms. The van der Waals surface area contributed by atoms with Gasteiger partial charge in [0.2, 0.25) is 10.0 Å². The average Bonchev–Trinajstić information content (AvgIpc) is 2.30. The van der Waals surface area contributed by atoms with Crippen LogP contribution in [0.15, 0.2) is 30.3 Å². The van der Waals surface area contributed by atoms with E-state index in [0.717, 1.165) is 0 Å². The van der Waals surface area contributed by atoms with Crippen molar-refractivity contribution in [1.29, 1.82) is 0 Å². The molecule has 0 aliphatic heterocycles. The van der Waals surface area contributed by atoms with E-state index < -0.39 is 16.1 Å². The topological polar surface area (TPSA) is 84.5 Å². The van der Waals surface area contributed by atoms with Gasteiger partial charge in [-0.05, 0) is 19.2 Å². The molecule has 1 rings (SSSR count). The van der Waals surface area contributed by atoms with Crippen LogP contribution >= 0.6 is 0 Å². The maximum atomic E-state index is 11.2. The number of ether oxygens (including phenoxy) is 1. The molecular formula is C10H14N2O4S. The summed E-state index contributed by atoms with van der Waals surface area (Å²) in [5.74, 6) is 0.217. The zero-order chi connectivity index (χ0) is 12.7. The Morgan fingerprint density at radius 1 is 1.29 bits per heavy atom. The minimum absolute atomic E-state index is 0.00512. The lowest BCUT2D eigenvalue weighted by Gasteiger charge is -2.06. The van der Waals surface area contributed by atoms with Crippen LogP contribution in [0.4, 0.5) is 4.79 Å². The highest BCUT2D eigenvalue weighted by atomic mass is 32.2. The van der Waals surface area contributed by atoms with E-state index in [1.165, 1.54) is 7.05 Å². The van der Waals surface area contributed by atoms with Crippen LogP contribution in [0.25, 0.3) is 0 Å². The summed E-state index contributed by atoms with van der Waals surface area (Å²) in [7, 11) is -1.99. The number of hydrogen-bond acceptors (Lipinski definition) is 4. The molecule has 0 atom stereocenters. The number of sulfonamides is 1. The van der Waals surface area contributed by atoms with Gasteiger partial charge in [0.1, 0.15) is 5.75 Å². The minimum Gasteiger partial charge on any atom is -0.410 e. The molecular weight excluding hydrogens is 244 g/mol. The van der Waals surface area contributed by atoms with Crippen LogP contribution in [0.1, 0.15) is 0 Å². The molecule has 0 spiro atoms. The maximum Gasteiger partial charge on any atom is 0.412 e. The fraction of sp³-hybridized carbons (Fsp3) is 0.300. The molecule has 0 heterocycles. The van der Waals surface area contributed by atoms with Crippen molar-refractivity contribution < 1.29 is 17.9 Å². The largest absolute Gasteiger partial charge is 0.412 e. The first kappa shape index (κ1) is 13.5. The molecule has 0 bridgehead atoms. The summed E-state index contributed by atoms with van der Waals surface area (Å²) in [5, 5.41) is 2.34. The predicted octanol–water partition coefficient (Wildman–Crippen LogP) is 0.324. The highest BCUT2D eigenvalue weighted by Crippen LogP contribution is 2.07. The quantitative estimate of drug-likeness (QED) is 0.796. The lowest BCUT2D eigenvalue weighted by Crippen LogP contribution is -2.34. The van der Waals surface area contributed by atoms with Gasteiger partial charge in [-0.2, -0.15) is 0 Å². The summed E-state index contributed by atoms with van der Waals surface area (Å²) in [4.78, 5) is 11.2. The van der Waals surface area contributed by atoms with Gasteiger partial charge in [-0.3, -0.25) is 0 Å². The van der Waals surface area contributed by atoms with Gasteiger partial charge in [0.05, 0.1) is 5.75 Å². The van der Waals surface area contributed by atoms with Crippen LogP contribution in [-0.2, 0) is 10.0 Å². The van der Waals surface area contributed by atoms with E-state index in [2.05, 4.69) is 10.0 Å². The molecule has 0 saturated carbocycles. The molecule has 1 aromatic carbocycles. The number of hydrogen-bond donors (Lipinski definition) is 2. The number of carbonyl (C=O) groups excluding carboxylic acids is 1. The summed E-state index contributed by atoms with van der Waals surface area (Å²) < 4.78 is 29.1. The average molecular weight is 258 g/mol. The Morgan fingerprint density at radius 2 is 1.94 bits per heavy atom. The standard InChI is InChI=1S/C10H14N2O4S/c1-11-17(14,15)8-7-12-10(13)16-9-5-3-2-4-6-9/h2-6,11H,7-8H2,1H3,(H,12,13). The number of nitrogens with one attached hydrogen (secondary N) is 2. The van der Waals surface area contributed by atoms with Gasteiger partial charge in [0.15, 0.2) is 0 Å². The minimum atomic E-state index is -3.31. The summed E-state index contributed by atoms with van der Waals surface area (Å²) in [5.41, 5.74) is 0. The Bertz CT molecular complexity index is 458. The second-order valence-corrected chi connectivity index (χ2v) is 5.20. The van der Waals surface area contributed by atoms with Crippen molar-refractivity contribution in [3.63, 3.8) is 0 Å². The second kappa shape index (κ2) is 6.21. The number of carbonyl (C=O) groups is 1. The van der Waals surface area contributed by atoms with Crippen molar-refractivity contribution >= 4 is 16.1 Å². The Kier molecular flexibility index (Phi) is 4.92. The fourth-order valence-electron chi connectivity index (χ4n) is 1.02. The molecule has 0 saturated heterocycles. The molecule has 6 nitrogen and oxygen atoms in total. The van der Waals surface area contributed by atoms with Crippen molar-refractivity contribution in [1.82, 2.24) is 10.0 Å². The van der Waals surface area contributed by atoms with E-state index in [1.54, 1.807) is 30.3 Å². The Labute approximate surface area is 100 Å². The van der Waals surface area contributed by atoms with E-state index in [-0.39, 0.29) is 12.3 Å². The summed E-state index contributed by atoms with van der Waals surface area (Å²) in [6.07, 6.45) is -0.678. The van der Waals surface area contributed by atoms with Crippen molar-refractivity contribution in [3.8, 4) is 5.75 Å². The van der Waals surface area contributed by atoms with Gasteiger partial charge >= 0.3 is 6.09 Å². The summed E-state index contributed by atoms with van der Waals surface area (Å²) >= 11 is 0. The van der Waals surface area contributed by atoms with Crippen LogP contribution in [0.5, 0.6) is 5.75 Å². The van der Waals surface area contributed by atoms with Crippen LogP contribution < -0.4 is 14.8 Å². The van der Waals surface area contributed by atoms with Crippen molar-refractivity contribution in [2.75, 3.05) is 19.3 Å². The predicted molar refractivity (Wildman–Crippen MR) is 63.3 cm³/mol. The molecule has 0 unspecified atom stereocenters. The Balaban J connectivity index is 2.32. The summed E-state index contributed by atoms with van der Waals surface area (Å²) in [6, 6.07) is 8.51. The lowest BCUT2D eigenvalue weighted by molar-refractivity contribution is 0.201. The number of para-hydroxylation sites is 1.